The van der Waals surface area contributed by atoms with E-state index in [1.165, 1.54) is 37.7 Å². The van der Waals surface area contributed by atoms with Crippen molar-refractivity contribution in [3.05, 3.63) is 60.0 Å². The minimum Gasteiger partial charge on any atom is -0.367 e. The third-order valence-corrected chi connectivity index (χ3v) is 4.92. The summed E-state index contributed by atoms with van der Waals surface area (Å²) in [5.74, 6) is 1.93. The Hall–Kier alpha value is -2.36. The molecule has 2 heterocycles. The summed E-state index contributed by atoms with van der Waals surface area (Å²) in [4.78, 5) is 9.21. The molecule has 4 rings (SSSR count). The molecule has 0 atom stereocenters. The smallest absolute Gasteiger partial charge is 0.235 e. The van der Waals surface area contributed by atoms with E-state index in [1.807, 2.05) is 12.3 Å². The molecule has 0 amide bonds. The van der Waals surface area contributed by atoms with Crippen molar-refractivity contribution < 1.29 is 0 Å². The zero-order valence-electron chi connectivity index (χ0n) is 14.0. The van der Waals surface area contributed by atoms with Gasteiger partial charge in [0.2, 0.25) is 5.78 Å². The highest BCUT2D eigenvalue weighted by atomic mass is 15.2. The normalized spacial score (nSPS) is 15.7. The molecule has 1 aliphatic rings. The average molecular weight is 320 g/mol. The van der Waals surface area contributed by atoms with Gasteiger partial charge < -0.3 is 5.32 Å². The molecule has 3 aromatic rings. The van der Waals surface area contributed by atoms with Crippen molar-refractivity contribution in [2.45, 2.75) is 51.0 Å². The van der Waals surface area contributed by atoms with Crippen LogP contribution in [0.15, 0.2) is 48.8 Å². The highest BCUT2D eigenvalue weighted by Crippen LogP contribution is 2.25. The summed E-state index contributed by atoms with van der Waals surface area (Å²) >= 11 is 0. The molecular weight excluding hydrogens is 296 g/mol. The molecule has 0 unspecified atom stereocenters. The number of benzene rings is 1. The quantitative estimate of drug-likeness (QED) is 0.764. The number of fused-ring (bicyclic) bond motifs is 1. The first-order chi connectivity index (χ1) is 11.9. The lowest BCUT2D eigenvalue weighted by Gasteiger charge is -2.24. The fourth-order valence-corrected chi connectivity index (χ4v) is 3.61. The Labute approximate surface area is 143 Å². The molecule has 1 N–H and O–H groups in total. The largest absolute Gasteiger partial charge is 0.367 e. The van der Waals surface area contributed by atoms with Gasteiger partial charge in [0.25, 0.3) is 0 Å². The van der Waals surface area contributed by atoms with Crippen LogP contribution in [0.5, 0.6) is 0 Å². The summed E-state index contributed by atoms with van der Waals surface area (Å²) < 4.78 is 2.11. The van der Waals surface area contributed by atoms with Crippen LogP contribution in [0, 0.1) is 0 Å². The zero-order chi connectivity index (χ0) is 16.2. The first-order valence-corrected chi connectivity index (χ1v) is 9.02. The van der Waals surface area contributed by atoms with E-state index in [1.54, 1.807) is 0 Å². The number of imidazole rings is 1. The van der Waals surface area contributed by atoms with Crippen LogP contribution in [0.1, 0.15) is 43.4 Å². The van der Waals surface area contributed by atoms with Crippen molar-refractivity contribution in [1.82, 2.24) is 14.4 Å². The number of aryl methyl sites for hydroxylation is 2. The van der Waals surface area contributed by atoms with Crippen molar-refractivity contribution in [1.29, 1.82) is 0 Å². The molecule has 0 aliphatic heterocycles. The van der Waals surface area contributed by atoms with E-state index in [0.717, 1.165) is 30.1 Å². The maximum atomic E-state index is 4.78. The molecule has 4 heteroatoms. The molecule has 1 aromatic carbocycles. The molecule has 0 spiro atoms. The topological polar surface area (TPSA) is 42.2 Å². The lowest BCUT2D eigenvalue weighted by atomic mass is 9.95. The first kappa shape index (κ1) is 15.2. The van der Waals surface area contributed by atoms with Gasteiger partial charge >= 0.3 is 0 Å². The van der Waals surface area contributed by atoms with Crippen molar-refractivity contribution in [2.75, 3.05) is 5.32 Å². The fourth-order valence-electron chi connectivity index (χ4n) is 3.61. The maximum Gasteiger partial charge on any atom is 0.235 e. The van der Waals surface area contributed by atoms with Gasteiger partial charge in [-0.05, 0) is 37.3 Å². The predicted octanol–water partition coefficient (Wildman–Crippen LogP) is 4.26. The van der Waals surface area contributed by atoms with Gasteiger partial charge in [0.15, 0.2) is 0 Å². The number of nitrogens with one attached hydrogen (secondary N) is 1. The predicted molar refractivity (Wildman–Crippen MR) is 97.3 cm³/mol. The molecule has 1 fully saturated rings. The Morgan fingerprint density at radius 3 is 2.67 bits per heavy atom. The molecule has 4 nitrogen and oxygen atoms in total. The summed E-state index contributed by atoms with van der Waals surface area (Å²) in [7, 11) is 0. The third-order valence-electron chi connectivity index (χ3n) is 4.92. The van der Waals surface area contributed by atoms with Crippen LogP contribution in [0.25, 0.3) is 5.78 Å². The highest BCUT2D eigenvalue weighted by Gasteiger charge is 2.18. The SMILES string of the molecule is c1ccc(CCc2nc3ncccn3c2NC2CCCCC2)cc1. The van der Waals surface area contributed by atoms with Crippen LogP contribution in [-0.2, 0) is 12.8 Å². The zero-order valence-corrected chi connectivity index (χ0v) is 14.0. The van der Waals surface area contributed by atoms with Gasteiger partial charge in [-0.15, -0.1) is 0 Å². The van der Waals surface area contributed by atoms with Crippen LogP contribution < -0.4 is 5.32 Å². The van der Waals surface area contributed by atoms with E-state index in [-0.39, 0.29) is 0 Å². The van der Waals surface area contributed by atoms with Crippen molar-refractivity contribution in [3.63, 3.8) is 0 Å². The van der Waals surface area contributed by atoms with Crippen LogP contribution in [0.3, 0.4) is 0 Å². The molecule has 0 bridgehead atoms. The summed E-state index contributed by atoms with van der Waals surface area (Å²) in [6, 6.07) is 13.2. The Kier molecular flexibility index (Phi) is 4.45. The summed E-state index contributed by atoms with van der Waals surface area (Å²) in [5, 5.41) is 3.77. The fraction of sp³-hybridized carbons (Fsp3) is 0.400. The number of nitrogens with zero attached hydrogens (tertiary/aromatic N) is 3. The minimum absolute atomic E-state index is 0.564. The molecule has 1 saturated carbocycles. The minimum atomic E-state index is 0.564. The van der Waals surface area contributed by atoms with Gasteiger partial charge in [-0.1, -0.05) is 49.6 Å². The monoisotopic (exact) mass is 320 g/mol. The van der Waals surface area contributed by atoms with E-state index < -0.39 is 0 Å². The Morgan fingerprint density at radius 1 is 1.00 bits per heavy atom. The molecule has 1 aliphatic carbocycles. The second-order valence-corrected chi connectivity index (χ2v) is 6.66. The van der Waals surface area contributed by atoms with Crippen molar-refractivity contribution in [2.24, 2.45) is 0 Å². The van der Waals surface area contributed by atoms with Gasteiger partial charge in [-0.2, -0.15) is 0 Å². The highest BCUT2D eigenvalue weighted by molar-refractivity contribution is 5.52. The van der Waals surface area contributed by atoms with Gasteiger partial charge in [-0.25, -0.2) is 9.97 Å². The van der Waals surface area contributed by atoms with Crippen LogP contribution in [0.4, 0.5) is 5.82 Å². The molecule has 0 radical (unpaired) electrons. The van der Waals surface area contributed by atoms with Gasteiger partial charge in [-0.3, -0.25) is 4.40 Å². The first-order valence-electron chi connectivity index (χ1n) is 9.02. The van der Waals surface area contributed by atoms with E-state index in [4.69, 9.17) is 4.98 Å². The van der Waals surface area contributed by atoms with Crippen molar-refractivity contribution in [3.8, 4) is 0 Å². The van der Waals surface area contributed by atoms with E-state index in [2.05, 4.69) is 51.2 Å². The number of hydrogen-bond acceptors (Lipinski definition) is 3. The van der Waals surface area contributed by atoms with E-state index >= 15 is 0 Å². The summed E-state index contributed by atoms with van der Waals surface area (Å²) in [5.41, 5.74) is 2.48. The number of aromatic nitrogens is 3. The molecular formula is C20H24N4. The van der Waals surface area contributed by atoms with E-state index in [9.17, 15) is 0 Å². The average Bonchev–Trinajstić information content (AvgIpc) is 2.99. The summed E-state index contributed by atoms with van der Waals surface area (Å²) in [6.07, 6.45) is 12.3. The molecule has 0 saturated heterocycles. The lowest BCUT2D eigenvalue weighted by Crippen LogP contribution is -2.23. The van der Waals surface area contributed by atoms with Gasteiger partial charge in [0.1, 0.15) is 5.82 Å². The standard InChI is InChI=1S/C20H24N4/c1-3-8-16(9-4-1)12-13-18-19(22-17-10-5-2-6-11-17)24-15-7-14-21-20(24)23-18/h1,3-4,7-9,14-15,17,22H,2,5-6,10-13H2. The van der Waals surface area contributed by atoms with E-state index in [0.29, 0.717) is 6.04 Å². The number of hydrogen-bond donors (Lipinski definition) is 1. The number of anilines is 1. The lowest BCUT2D eigenvalue weighted by molar-refractivity contribution is 0.461. The third kappa shape index (κ3) is 3.28. The molecule has 2 aromatic heterocycles. The Bertz CT molecular complexity index is 788. The van der Waals surface area contributed by atoms with Crippen molar-refractivity contribution >= 4 is 11.6 Å². The second kappa shape index (κ2) is 7.04. The van der Waals surface area contributed by atoms with Crippen LogP contribution >= 0.6 is 0 Å². The number of rotatable bonds is 5. The van der Waals surface area contributed by atoms with Crippen LogP contribution in [-0.4, -0.2) is 20.4 Å². The van der Waals surface area contributed by atoms with Gasteiger partial charge in [0.05, 0.1) is 5.69 Å². The van der Waals surface area contributed by atoms with Crippen LogP contribution in [0.2, 0.25) is 0 Å². The van der Waals surface area contributed by atoms with Gasteiger partial charge in [0, 0.05) is 18.4 Å². The second-order valence-electron chi connectivity index (χ2n) is 6.66. The summed E-state index contributed by atoms with van der Waals surface area (Å²) in [6.45, 7) is 0. The Morgan fingerprint density at radius 2 is 1.83 bits per heavy atom. The molecule has 24 heavy (non-hydrogen) atoms. The Balaban J connectivity index is 1.59. The maximum absolute atomic E-state index is 4.78. The molecule has 124 valence electrons.